The van der Waals surface area contributed by atoms with Gasteiger partial charge in [0, 0.05) is 11.6 Å². The first-order chi connectivity index (χ1) is 8.59. The molecule has 0 amide bonds. The third-order valence-corrected chi connectivity index (χ3v) is 3.82. The molecule has 1 rings (SSSR count). The highest BCUT2D eigenvalue weighted by Gasteiger charge is 2.12. The number of alkyl halides is 2. The molecule has 0 radical (unpaired) electrons. The van der Waals surface area contributed by atoms with Crippen molar-refractivity contribution in [1.82, 2.24) is 0 Å². The second-order valence-corrected chi connectivity index (χ2v) is 5.80. The van der Waals surface area contributed by atoms with Crippen LogP contribution < -0.4 is 11.5 Å². The van der Waals surface area contributed by atoms with Crippen molar-refractivity contribution in [2.75, 3.05) is 17.3 Å². The van der Waals surface area contributed by atoms with Gasteiger partial charge in [-0.1, -0.05) is 0 Å². The molecule has 0 aliphatic carbocycles. The highest BCUT2D eigenvalue weighted by Crippen LogP contribution is 2.19. The monoisotopic (exact) mass is 348 g/mol. The number of carbonyl (C=O) groups is 1. The van der Waals surface area contributed by atoms with Gasteiger partial charge in [0.2, 0.25) is 5.24 Å². The molecule has 0 aliphatic rings. The molecule has 0 saturated carbocycles. The van der Waals surface area contributed by atoms with Crippen molar-refractivity contribution in [3.05, 3.63) is 18.2 Å². The third kappa shape index (κ3) is 6.84. The summed E-state index contributed by atoms with van der Waals surface area (Å²) in [4.78, 5) is 9.60. The SMILES string of the molecule is Nc1ccc(S(=O)(=O)O)c(N)c1.O=C(Cl)C(Cl)CCl. The van der Waals surface area contributed by atoms with Gasteiger partial charge in [-0.15, -0.1) is 23.2 Å². The van der Waals surface area contributed by atoms with Gasteiger partial charge < -0.3 is 11.5 Å². The second kappa shape index (κ2) is 7.76. The molecule has 1 aromatic carbocycles. The minimum Gasteiger partial charge on any atom is -0.399 e. The number of carbonyl (C=O) groups excluding carboxylic acids is 1. The number of hydrogen-bond donors (Lipinski definition) is 3. The van der Waals surface area contributed by atoms with E-state index in [1.165, 1.54) is 12.1 Å². The summed E-state index contributed by atoms with van der Waals surface area (Å²) in [6, 6.07) is 3.77. The topological polar surface area (TPSA) is 123 Å². The molecule has 19 heavy (non-hydrogen) atoms. The highest BCUT2D eigenvalue weighted by atomic mass is 35.5. The van der Waals surface area contributed by atoms with Crippen LogP contribution in [0.1, 0.15) is 0 Å². The molecule has 10 heteroatoms. The highest BCUT2D eigenvalue weighted by molar-refractivity contribution is 7.86. The predicted molar refractivity (Wildman–Crippen MR) is 76.3 cm³/mol. The molecule has 0 heterocycles. The lowest BCUT2D eigenvalue weighted by molar-refractivity contribution is -0.111. The van der Waals surface area contributed by atoms with E-state index < -0.39 is 20.7 Å². The summed E-state index contributed by atoms with van der Waals surface area (Å²) in [5.74, 6) is 0.0733. The van der Waals surface area contributed by atoms with Crippen LogP contribution in [-0.2, 0) is 14.9 Å². The Morgan fingerprint density at radius 1 is 1.37 bits per heavy atom. The molecular formula is C9H11Cl3N2O4S. The van der Waals surface area contributed by atoms with Crippen LogP contribution in [0, 0.1) is 0 Å². The quantitative estimate of drug-likeness (QED) is 0.330. The molecule has 5 N–H and O–H groups in total. The van der Waals surface area contributed by atoms with Crippen LogP contribution in [0.3, 0.4) is 0 Å². The van der Waals surface area contributed by atoms with Gasteiger partial charge in [-0.25, -0.2) is 0 Å². The largest absolute Gasteiger partial charge is 0.399 e. The minimum atomic E-state index is -4.23. The third-order valence-electron chi connectivity index (χ3n) is 1.69. The van der Waals surface area contributed by atoms with Gasteiger partial charge in [-0.2, -0.15) is 8.42 Å². The van der Waals surface area contributed by atoms with Crippen LogP contribution in [-0.4, -0.2) is 29.5 Å². The molecule has 0 aromatic heterocycles. The lowest BCUT2D eigenvalue weighted by atomic mass is 10.3. The number of benzene rings is 1. The van der Waals surface area contributed by atoms with Gasteiger partial charge in [-0.05, 0) is 29.8 Å². The Kier molecular flexibility index (Phi) is 7.46. The van der Waals surface area contributed by atoms with Crippen molar-refractivity contribution < 1.29 is 17.8 Å². The molecule has 1 unspecified atom stereocenters. The first-order valence-corrected chi connectivity index (χ1v) is 7.40. The van der Waals surface area contributed by atoms with Crippen molar-refractivity contribution in [2.24, 2.45) is 0 Å². The Morgan fingerprint density at radius 3 is 2.16 bits per heavy atom. The predicted octanol–water partition coefficient (Wildman–Crippen LogP) is 1.70. The molecule has 0 bridgehead atoms. The van der Waals surface area contributed by atoms with Crippen molar-refractivity contribution in [3.8, 4) is 0 Å². The number of rotatable bonds is 3. The molecule has 0 aliphatic heterocycles. The smallest absolute Gasteiger partial charge is 0.296 e. The van der Waals surface area contributed by atoms with E-state index in [4.69, 9.17) is 50.8 Å². The molecule has 1 atom stereocenters. The van der Waals surface area contributed by atoms with Crippen molar-refractivity contribution in [2.45, 2.75) is 10.3 Å². The average molecular weight is 350 g/mol. The summed E-state index contributed by atoms with van der Waals surface area (Å²) in [6.07, 6.45) is 0. The normalized spacial score (nSPS) is 12.2. The van der Waals surface area contributed by atoms with E-state index in [1.54, 1.807) is 0 Å². The first kappa shape index (κ1) is 18.3. The van der Waals surface area contributed by atoms with E-state index >= 15 is 0 Å². The molecule has 0 fully saturated rings. The van der Waals surface area contributed by atoms with Crippen molar-refractivity contribution in [3.63, 3.8) is 0 Å². The summed E-state index contributed by atoms with van der Waals surface area (Å²) < 4.78 is 29.8. The summed E-state index contributed by atoms with van der Waals surface area (Å²) in [6.45, 7) is 0. The maximum atomic E-state index is 10.6. The Bertz CT molecular complexity index is 550. The van der Waals surface area contributed by atoms with Gasteiger partial charge in [0.25, 0.3) is 10.1 Å². The molecule has 108 valence electrons. The molecular weight excluding hydrogens is 339 g/mol. The van der Waals surface area contributed by atoms with Gasteiger partial charge in [-0.3, -0.25) is 9.35 Å². The Hall–Kier alpha value is -0.730. The number of nitrogen functional groups attached to an aromatic ring is 2. The van der Waals surface area contributed by atoms with E-state index in [0.29, 0.717) is 5.69 Å². The van der Waals surface area contributed by atoms with Crippen LogP contribution in [0.4, 0.5) is 11.4 Å². The molecule has 0 spiro atoms. The summed E-state index contributed by atoms with van der Waals surface area (Å²) in [5, 5.41) is -1.33. The fourth-order valence-electron chi connectivity index (χ4n) is 0.863. The van der Waals surface area contributed by atoms with E-state index in [-0.39, 0.29) is 16.5 Å². The van der Waals surface area contributed by atoms with E-state index in [1.807, 2.05) is 0 Å². The van der Waals surface area contributed by atoms with Crippen molar-refractivity contribution in [1.29, 1.82) is 0 Å². The Morgan fingerprint density at radius 2 is 1.89 bits per heavy atom. The van der Waals surface area contributed by atoms with Crippen LogP contribution in [0.15, 0.2) is 23.1 Å². The van der Waals surface area contributed by atoms with Gasteiger partial charge in [0.15, 0.2) is 0 Å². The maximum absolute atomic E-state index is 10.6. The van der Waals surface area contributed by atoms with E-state index in [9.17, 15) is 13.2 Å². The van der Waals surface area contributed by atoms with Crippen LogP contribution in [0.25, 0.3) is 0 Å². The van der Waals surface area contributed by atoms with Gasteiger partial charge in [0.1, 0.15) is 10.3 Å². The molecule has 1 aromatic rings. The standard InChI is InChI=1S/C6H8N2O3S.C3H3Cl3O/c7-4-1-2-6(5(8)3-4)12(9,10)11;4-1-2(5)3(6)7/h1-3H,7-8H2,(H,9,10,11);2H,1H2. The lowest BCUT2D eigenvalue weighted by Crippen LogP contribution is -2.08. The van der Waals surface area contributed by atoms with E-state index in [2.05, 4.69) is 0 Å². The van der Waals surface area contributed by atoms with Gasteiger partial charge in [0.05, 0.1) is 5.69 Å². The number of hydrogen-bond acceptors (Lipinski definition) is 5. The van der Waals surface area contributed by atoms with Crippen LogP contribution in [0.2, 0.25) is 0 Å². The Balaban J connectivity index is 0.000000399. The molecule has 6 nitrogen and oxygen atoms in total. The van der Waals surface area contributed by atoms with Gasteiger partial charge >= 0.3 is 0 Å². The summed E-state index contributed by atoms with van der Waals surface area (Å²) >= 11 is 15.2. The fraction of sp³-hybridized carbons (Fsp3) is 0.222. The number of halogens is 3. The summed E-state index contributed by atoms with van der Waals surface area (Å²) in [5.41, 5.74) is 10.9. The summed E-state index contributed by atoms with van der Waals surface area (Å²) in [7, 11) is -4.23. The number of nitrogens with two attached hydrogens (primary N) is 2. The lowest BCUT2D eigenvalue weighted by Gasteiger charge is -2.01. The zero-order chi connectivity index (χ0) is 15.2. The minimum absolute atomic E-state index is 0.0579. The van der Waals surface area contributed by atoms with E-state index in [0.717, 1.165) is 6.07 Å². The Labute approximate surface area is 125 Å². The fourth-order valence-corrected chi connectivity index (χ4v) is 1.76. The second-order valence-electron chi connectivity index (χ2n) is 3.20. The first-order valence-electron chi connectivity index (χ1n) is 4.61. The number of anilines is 2. The van der Waals surface area contributed by atoms with Crippen LogP contribution in [0.5, 0.6) is 0 Å². The zero-order valence-corrected chi connectivity index (χ0v) is 12.5. The van der Waals surface area contributed by atoms with Crippen molar-refractivity contribution >= 4 is 61.5 Å². The van der Waals surface area contributed by atoms with Crippen LogP contribution >= 0.6 is 34.8 Å². The molecule has 0 saturated heterocycles. The zero-order valence-electron chi connectivity index (χ0n) is 9.39. The average Bonchev–Trinajstić information content (AvgIpc) is 2.26. The maximum Gasteiger partial charge on any atom is 0.296 e.